The number of aryl methyl sites for hydroxylation is 1. The van der Waals surface area contributed by atoms with Crippen molar-refractivity contribution in [3.63, 3.8) is 0 Å². The molecule has 2 aromatic carbocycles. The number of hydrogen-bond donors (Lipinski definition) is 0. The van der Waals surface area contributed by atoms with Gasteiger partial charge in [-0.3, -0.25) is 4.79 Å². The number of halogens is 2. The first kappa shape index (κ1) is 24.9. The molecular formula is C27H30F2N2O4S. The zero-order valence-corrected chi connectivity index (χ0v) is 21.0. The van der Waals surface area contributed by atoms with Crippen LogP contribution in [0, 0.1) is 12.8 Å². The van der Waals surface area contributed by atoms with E-state index in [0.717, 1.165) is 11.1 Å². The molecule has 0 N–H and O–H groups in total. The highest BCUT2D eigenvalue weighted by molar-refractivity contribution is 7.92. The van der Waals surface area contributed by atoms with E-state index >= 15 is 0 Å². The standard InChI is InChI=1S/C27H30F2N2O4S/c1-18-5-8-21(9-6-18)36(33,34)25-4-2-3-22(25)26(32)31(20-11-13-27(28,29)14-12-20)16-19-7-10-24-23(15-19)30-17-35-24/h5-10,15,17,20,22,25H,2-4,11-14,16H2,1H3/t22-,25-/m0/s1. The first-order chi connectivity index (χ1) is 17.1. The first-order valence-electron chi connectivity index (χ1n) is 12.4. The van der Waals surface area contributed by atoms with Gasteiger partial charge < -0.3 is 9.32 Å². The molecule has 3 aromatic rings. The van der Waals surface area contributed by atoms with E-state index < -0.39 is 26.9 Å². The second-order valence-corrected chi connectivity index (χ2v) is 12.3. The van der Waals surface area contributed by atoms with E-state index in [9.17, 15) is 22.0 Å². The van der Waals surface area contributed by atoms with E-state index in [2.05, 4.69) is 4.98 Å². The third-order valence-corrected chi connectivity index (χ3v) is 9.97. The smallest absolute Gasteiger partial charge is 0.248 e. The number of sulfone groups is 1. The number of carbonyl (C=O) groups is 1. The van der Waals surface area contributed by atoms with Crippen molar-refractivity contribution in [2.45, 2.75) is 80.5 Å². The quantitative estimate of drug-likeness (QED) is 0.421. The second-order valence-electron chi connectivity index (χ2n) is 10.1. The number of benzene rings is 2. The second kappa shape index (κ2) is 9.57. The van der Waals surface area contributed by atoms with Crippen molar-refractivity contribution in [2.75, 3.05) is 0 Å². The van der Waals surface area contributed by atoms with Crippen LogP contribution in [0.4, 0.5) is 8.78 Å². The molecule has 0 unspecified atom stereocenters. The summed E-state index contributed by atoms with van der Waals surface area (Å²) in [4.78, 5) is 20.1. The lowest BCUT2D eigenvalue weighted by Crippen LogP contribution is -2.48. The SMILES string of the molecule is Cc1ccc(S(=O)(=O)[C@H]2CCC[C@@H]2C(=O)N(Cc2ccc3ocnc3c2)C2CCC(F)(F)CC2)cc1. The number of amides is 1. The Morgan fingerprint density at radius 3 is 2.53 bits per heavy atom. The summed E-state index contributed by atoms with van der Waals surface area (Å²) in [7, 11) is -3.72. The average molecular weight is 517 g/mol. The molecule has 192 valence electrons. The van der Waals surface area contributed by atoms with Crippen molar-refractivity contribution < 1.29 is 26.4 Å². The van der Waals surface area contributed by atoms with Gasteiger partial charge in [0.05, 0.1) is 16.1 Å². The molecule has 2 fully saturated rings. The molecular weight excluding hydrogens is 486 g/mol. The number of carbonyl (C=O) groups excluding carboxylic acids is 1. The number of oxazole rings is 1. The number of hydrogen-bond acceptors (Lipinski definition) is 5. The highest BCUT2D eigenvalue weighted by Crippen LogP contribution is 2.40. The van der Waals surface area contributed by atoms with E-state index in [1.807, 2.05) is 19.1 Å². The van der Waals surface area contributed by atoms with Crippen LogP contribution in [0.3, 0.4) is 0 Å². The van der Waals surface area contributed by atoms with Crippen LogP contribution in [0.15, 0.2) is 58.2 Å². The van der Waals surface area contributed by atoms with Crippen molar-refractivity contribution in [3.8, 4) is 0 Å². The first-order valence-corrected chi connectivity index (χ1v) is 14.0. The fourth-order valence-electron chi connectivity index (χ4n) is 5.62. The summed E-state index contributed by atoms with van der Waals surface area (Å²) >= 11 is 0. The summed E-state index contributed by atoms with van der Waals surface area (Å²) < 4.78 is 60.3. The third kappa shape index (κ3) is 4.90. The molecule has 2 aliphatic carbocycles. The van der Waals surface area contributed by atoms with Crippen LogP contribution in [0.25, 0.3) is 11.1 Å². The highest BCUT2D eigenvalue weighted by atomic mass is 32.2. The monoisotopic (exact) mass is 516 g/mol. The summed E-state index contributed by atoms with van der Waals surface area (Å²) in [6.45, 7) is 2.10. The Labute approximate surface area is 209 Å². The van der Waals surface area contributed by atoms with E-state index in [4.69, 9.17) is 4.42 Å². The highest BCUT2D eigenvalue weighted by Gasteiger charge is 2.46. The molecule has 36 heavy (non-hydrogen) atoms. The van der Waals surface area contributed by atoms with Crippen LogP contribution in [-0.2, 0) is 21.2 Å². The summed E-state index contributed by atoms with van der Waals surface area (Å²) in [5.74, 6) is -3.69. The van der Waals surface area contributed by atoms with Crippen LogP contribution in [0.5, 0.6) is 0 Å². The van der Waals surface area contributed by atoms with Gasteiger partial charge in [0.15, 0.2) is 21.8 Å². The van der Waals surface area contributed by atoms with Crippen molar-refractivity contribution >= 4 is 26.8 Å². The Morgan fingerprint density at radius 2 is 1.81 bits per heavy atom. The van der Waals surface area contributed by atoms with Gasteiger partial charge in [-0.2, -0.15) is 0 Å². The molecule has 0 saturated heterocycles. The zero-order valence-electron chi connectivity index (χ0n) is 20.2. The lowest BCUT2D eigenvalue weighted by atomic mass is 9.89. The Morgan fingerprint density at radius 1 is 1.08 bits per heavy atom. The molecule has 1 aromatic heterocycles. The van der Waals surface area contributed by atoms with Gasteiger partial charge in [0.2, 0.25) is 11.8 Å². The van der Waals surface area contributed by atoms with Gasteiger partial charge in [0, 0.05) is 25.4 Å². The third-order valence-electron chi connectivity index (χ3n) is 7.68. The molecule has 1 amide bonds. The zero-order chi connectivity index (χ0) is 25.5. The van der Waals surface area contributed by atoms with Gasteiger partial charge in [-0.05, 0) is 62.4 Å². The van der Waals surface area contributed by atoms with Crippen LogP contribution in [0.2, 0.25) is 0 Å². The molecule has 2 aliphatic rings. The van der Waals surface area contributed by atoms with Crippen LogP contribution < -0.4 is 0 Å². The Bertz CT molecular complexity index is 1340. The molecule has 0 bridgehead atoms. The lowest BCUT2D eigenvalue weighted by Gasteiger charge is -2.39. The van der Waals surface area contributed by atoms with Crippen molar-refractivity contribution in [1.82, 2.24) is 9.88 Å². The lowest BCUT2D eigenvalue weighted by molar-refractivity contribution is -0.141. The summed E-state index contributed by atoms with van der Waals surface area (Å²) in [6, 6.07) is 11.8. The van der Waals surface area contributed by atoms with Gasteiger partial charge >= 0.3 is 0 Å². The minimum atomic E-state index is -3.72. The van der Waals surface area contributed by atoms with Gasteiger partial charge in [-0.1, -0.05) is 30.2 Å². The average Bonchev–Trinajstić information content (AvgIpc) is 3.52. The molecule has 6 nitrogen and oxygen atoms in total. The molecule has 0 aliphatic heterocycles. The summed E-state index contributed by atoms with van der Waals surface area (Å²) in [6.07, 6.45) is 2.68. The van der Waals surface area contributed by atoms with Crippen LogP contribution in [0.1, 0.15) is 56.1 Å². The predicted molar refractivity (Wildman–Crippen MR) is 131 cm³/mol. The van der Waals surface area contributed by atoms with E-state index in [0.29, 0.717) is 30.4 Å². The van der Waals surface area contributed by atoms with Gasteiger partial charge in [0.1, 0.15) is 5.52 Å². The largest absolute Gasteiger partial charge is 0.443 e. The topological polar surface area (TPSA) is 80.5 Å². The molecule has 9 heteroatoms. The van der Waals surface area contributed by atoms with Crippen molar-refractivity contribution in [3.05, 3.63) is 60.0 Å². The Balaban J connectivity index is 1.44. The maximum Gasteiger partial charge on any atom is 0.248 e. The molecule has 0 radical (unpaired) electrons. The summed E-state index contributed by atoms with van der Waals surface area (Å²) in [5.41, 5.74) is 3.03. The van der Waals surface area contributed by atoms with E-state index in [-0.39, 0.29) is 49.1 Å². The van der Waals surface area contributed by atoms with Crippen molar-refractivity contribution in [1.29, 1.82) is 0 Å². The predicted octanol–water partition coefficient (Wildman–Crippen LogP) is 5.69. The van der Waals surface area contributed by atoms with Gasteiger partial charge in [-0.25, -0.2) is 22.2 Å². The number of aromatic nitrogens is 1. The normalized spacial score (nSPS) is 22.6. The van der Waals surface area contributed by atoms with Crippen molar-refractivity contribution in [2.24, 2.45) is 5.92 Å². The maximum absolute atomic E-state index is 14.0. The molecule has 2 atom stereocenters. The Kier molecular flexibility index (Phi) is 6.61. The Hall–Kier alpha value is -2.81. The van der Waals surface area contributed by atoms with Crippen LogP contribution in [-0.4, -0.2) is 41.4 Å². The number of nitrogens with zero attached hydrogens (tertiary/aromatic N) is 2. The molecule has 1 heterocycles. The number of alkyl halides is 2. The van der Waals surface area contributed by atoms with E-state index in [1.165, 1.54) is 6.39 Å². The maximum atomic E-state index is 14.0. The van der Waals surface area contributed by atoms with Crippen LogP contribution >= 0.6 is 0 Å². The number of fused-ring (bicyclic) bond motifs is 1. The molecule has 5 rings (SSSR count). The minimum Gasteiger partial charge on any atom is -0.443 e. The fourth-order valence-corrected chi connectivity index (χ4v) is 7.64. The van der Waals surface area contributed by atoms with Gasteiger partial charge in [0.25, 0.3) is 0 Å². The van der Waals surface area contributed by atoms with Gasteiger partial charge in [-0.15, -0.1) is 0 Å². The molecule has 0 spiro atoms. The number of rotatable bonds is 6. The minimum absolute atomic E-state index is 0.188. The van der Waals surface area contributed by atoms with E-state index in [1.54, 1.807) is 35.2 Å². The fraction of sp³-hybridized carbons (Fsp3) is 0.481. The summed E-state index contributed by atoms with van der Waals surface area (Å²) in [5, 5.41) is -0.821. The molecule has 2 saturated carbocycles.